The first-order chi connectivity index (χ1) is 11.6. The van der Waals surface area contributed by atoms with Gasteiger partial charge in [0.05, 0.1) is 12.6 Å². The van der Waals surface area contributed by atoms with E-state index in [1.54, 1.807) is 7.11 Å². The van der Waals surface area contributed by atoms with Crippen molar-refractivity contribution in [3.05, 3.63) is 71.3 Å². The van der Waals surface area contributed by atoms with Crippen LogP contribution >= 0.6 is 0 Å². The van der Waals surface area contributed by atoms with Gasteiger partial charge >= 0.3 is 0 Å². The molecule has 5 heteroatoms. The van der Waals surface area contributed by atoms with E-state index in [0.29, 0.717) is 31.6 Å². The van der Waals surface area contributed by atoms with E-state index in [9.17, 15) is 8.78 Å². The van der Waals surface area contributed by atoms with Crippen LogP contribution in [-0.2, 0) is 11.2 Å². The second kappa shape index (κ2) is 9.47. The molecule has 0 aliphatic rings. The van der Waals surface area contributed by atoms with Crippen molar-refractivity contribution in [2.75, 3.05) is 20.3 Å². The number of methoxy groups -OCH3 is 1. The van der Waals surface area contributed by atoms with Gasteiger partial charge in [0, 0.05) is 19.2 Å². The fourth-order valence-corrected chi connectivity index (χ4v) is 2.70. The van der Waals surface area contributed by atoms with E-state index < -0.39 is 11.6 Å². The van der Waals surface area contributed by atoms with Gasteiger partial charge in [-0.05, 0) is 42.6 Å². The molecule has 0 aromatic heterocycles. The number of benzene rings is 2. The maximum Gasteiger partial charge on any atom is 0.126 e. The van der Waals surface area contributed by atoms with Crippen molar-refractivity contribution in [2.45, 2.75) is 24.9 Å². The van der Waals surface area contributed by atoms with E-state index in [4.69, 9.17) is 10.5 Å². The Hall–Kier alpha value is -1.82. The highest BCUT2D eigenvalue weighted by atomic mass is 19.1. The van der Waals surface area contributed by atoms with Gasteiger partial charge in [-0.1, -0.05) is 30.3 Å². The molecule has 0 bridgehead atoms. The fraction of sp³-hybridized carbons (Fsp3) is 0.368. The molecule has 0 fully saturated rings. The highest BCUT2D eigenvalue weighted by Gasteiger charge is 2.12. The summed E-state index contributed by atoms with van der Waals surface area (Å²) in [6, 6.07) is 13.5. The van der Waals surface area contributed by atoms with Crippen LogP contribution in [0.25, 0.3) is 0 Å². The van der Waals surface area contributed by atoms with Gasteiger partial charge in [0.1, 0.15) is 11.6 Å². The Balaban J connectivity index is 1.83. The van der Waals surface area contributed by atoms with Crippen molar-refractivity contribution in [1.29, 1.82) is 0 Å². The standard InChI is InChI=1S/C19H24F2N2O/c1-24-13-19(15-5-3-2-4-6-15)23-8-7-18(22)11-14-9-16(20)12-17(21)10-14/h2-6,9-10,12,18-19,23H,7-8,11,13,22H2,1H3/t18-,19-/m1/s1. The van der Waals surface area contributed by atoms with Crippen molar-refractivity contribution < 1.29 is 13.5 Å². The number of halogens is 2. The van der Waals surface area contributed by atoms with E-state index in [1.807, 2.05) is 30.3 Å². The van der Waals surface area contributed by atoms with E-state index >= 15 is 0 Å². The zero-order chi connectivity index (χ0) is 17.4. The Morgan fingerprint density at radius 2 is 1.75 bits per heavy atom. The van der Waals surface area contributed by atoms with Gasteiger partial charge in [-0.3, -0.25) is 0 Å². The SMILES string of the molecule is COC[C@@H](NCC[C@@H](N)Cc1cc(F)cc(F)c1)c1ccccc1. The zero-order valence-electron chi connectivity index (χ0n) is 13.8. The lowest BCUT2D eigenvalue weighted by molar-refractivity contribution is 0.166. The van der Waals surface area contributed by atoms with Crippen molar-refractivity contribution in [2.24, 2.45) is 5.73 Å². The fourth-order valence-electron chi connectivity index (χ4n) is 2.70. The molecule has 2 aromatic carbocycles. The highest BCUT2D eigenvalue weighted by Crippen LogP contribution is 2.14. The molecule has 2 aromatic rings. The largest absolute Gasteiger partial charge is 0.383 e. The van der Waals surface area contributed by atoms with Gasteiger partial charge in [-0.15, -0.1) is 0 Å². The van der Waals surface area contributed by atoms with E-state index in [1.165, 1.54) is 12.1 Å². The molecule has 24 heavy (non-hydrogen) atoms. The summed E-state index contributed by atoms with van der Waals surface area (Å²) in [6.07, 6.45) is 1.14. The molecule has 0 spiro atoms. The number of rotatable bonds is 9. The van der Waals surface area contributed by atoms with Crippen molar-refractivity contribution in [3.8, 4) is 0 Å². The molecule has 130 valence electrons. The number of nitrogens with two attached hydrogens (primary N) is 1. The molecule has 0 aliphatic heterocycles. The molecule has 3 nitrogen and oxygen atoms in total. The molecule has 0 amide bonds. The summed E-state index contributed by atoms with van der Waals surface area (Å²) in [6.45, 7) is 1.26. The quantitative estimate of drug-likeness (QED) is 0.740. The third kappa shape index (κ3) is 6.00. The Morgan fingerprint density at radius 1 is 1.08 bits per heavy atom. The van der Waals surface area contributed by atoms with Gasteiger partial charge in [0.25, 0.3) is 0 Å². The maximum atomic E-state index is 13.2. The first kappa shape index (κ1) is 18.5. The van der Waals surface area contributed by atoms with Crippen LogP contribution in [0.15, 0.2) is 48.5 Å². The number of hydrogen-bond acceptors (Lipinski definition) is 3. The summed E-state index contributed by atoms with van der Waals surface area (Å²) >= 11 is 0. The van der Waals surface area contributed by atoms with Crippen LogP contribution in [-0.4, -0.2) is 26.3 Å². The summed E-state index contributed by atoms with van der Waals surface area (Å²) in [7, 11) is 1.67. The lowest BCUT2D eigenvalue weighted by Gasteiger charge is -2.20. The van der Waals surface area contributed by atoms with Crippen LogP contribution in [0.4, 0.5) is 8.78 Å². The van der Waals surface area contributed by atoms with Gasteiger partial charge in [0.2, 0.25) is 0 Å². The van der Waals surface area contributed by atoms with Crippen molar-refractivity contribution in [3.63, 3.8) is 0 Å². The minimum Gasteiger partial charge on any atom is -0.383 e. The predicted molar refractivity (Wildman–Crippen MR) is 91.7 cm³/mol. The Labute approximate surface area is 141 Å². The van der Waals surface area contributed by atoms with Crippen LogP contribution in [0, 0.1) is 11.6 Å². The topological polar surface area (TPSA) is 47.3 Å². The third-order valence-corrected chi connectivity index (χ3v) is 3.86. The lowest BCUT2D eigenvalue weighted by atomic mass is 10.0. The van der Waals surface area contributed by atoms with Gasteiger partial charge in [-0.25, -0.2) is 8.78 Å². The van der Waals surface area contributed by atoms with Crippen LogP contribution in [0.1, 0.15) is 23.6 Å². The summed E-state index contributed by atoms with van der Waals surface area (Å²) in [4.78, 5) is 0. The van der Waals surface area contributed by atoms with Gasteiger partial charge < -0.3 is 15.8 Å². The van der Waals surface area contributed by atoms with Crippen LogP contribution in [0.3, 0.4) is 0 Å². The van der Waals surface area contributed by atoms with E-state index in [2.05, 4.69) is 5.32 Å². The van der Waals surface area contributed by atoms with Crippen molar-refractivity contribution >= 4 is 0 Å². The zero-order valence-corrected chi connectivity index (χ0v) is 13.8. The Bertz CT molecular complexity index is 602. The van der Waals surface area contributed by atoms with Gasteiger partial charge in [0.15, 0.2) is 0 Å². The summed E-state index contributed by atoms with van der Waals surface area (Å²) in [5, 5.41) is 3.42. The minimum atomic E-state index is -0.570. The first-order valence-electron chi connectivity index (χ1n) is 8.06. The molecule has 0 radical (unpaired) electrons. The third-order valence-electron chi connectivity index (χ3n) is 3.86. The minimum absolute atomic E-state index is 0.0926. The second-order valence-corrected chi connectivity index (χ2v) is 5.90. The molecule has 2 atom stereocenters. The molecule has 0 saturated carbocycles. The molecule has 0 unspecified atom stereocenters. The second-order valence-electron chi connectivity index (χ2n) is 5.90. The summed E-state index contributed by atoms with van der Waals surface area (Å²) < 4.78 is 31.7. The van der Waals surface area contributed by atoms with Gasteiger partial charge in [-0.2, -0.15) is 0 Å². The van der Waals surface area contributed by atoms with Crippen LogP contribution in [0.2, 0.25) is 0 Å². The smallest absolute Gasteiger partial charge is 0.126 e. The van der Waals surface area contributed by atoms with E-state index in [-0.39, 0.29) is 12.1 Å². The molecule has 0 aliphatic carbocycles. The normalized spacial score (nSPS) is 13.7. The molecule has 0 heterocycles. The molecular formula is C19H24F2N2O. The monoisotopic (exact) mass is 334 g/mol. The number of ether oxygens (including phenoxy) is 1. The number of nitrogens with one attached hydrogen (secondary N) is 1. The predicted octanol–water partition coefficient (Wildman–Crippen LogP) is 3.20. The molecule has 2 rings (SSSR count). The summed E-state index contributed by atoms with van der Waals surface area (Å²) in [5.41, 5.74) is 7.82. The van der Waals surface area contributed by atoms with Crippen LogP contribution < -0.4 is 11.1 Å². The number of hydrogen-bond donors (Lipinski definition) is 2. The maximum absolute atomic E-state index is 13.2. The molecule has 3 N–H and O–H groups in total. The Kier molecular flexibility index (Phi) is 7.31. The molecule has 0 saturated heterocycles. The first-order valence-corrected chi connectivity index (χ1v) is 8.06. The van der Waals surface area contributed by atoms with E-state index in [0.717, 1.165) is 11.6 Å². The Morgan fingerprint density at radius 3 is 2.38 bits per heavy atom. The highest BCUT2D eigenvalue weighted by molar-refractivity contribution is 5.20. The van der Waals surface area contributed by atoms with Crippen LogP contribution in [0.5, 0.6) is 0 Å². The average molecular weight is 334 g/mol. The average Bonchev–Trinajstić information content (AvgIpc) is 2.54. The van der Waals surface area contributed by atoms with Crippen molar-refractivity contribution in [1.82, 2.24) is 5.32 Å². The lowest BCUT2D eigenvalue weighted by Crippen LogP contribution is -2.32. The molecular weight excluding hydrogens is 310 g/mol. The summed E-state index contributed by atoms with van der Waals surface area (Å²) in [5.74, 6) is -1.14.